The molecule has 0 radical (unpaired) electrons. The van der Waals surface area contributed by atoms with E-state index >= 15 is 0 Å². The Morgan fingerprint density at radius 2 is 2.18 bits per heavy atom. The van der Waals surface area contributed by atoms with Gasteiger partial charge in [0.15, 0.2) is 5.82 Å². The molecule has 0 amide bonds. The van der Waals surface area contributed by atoms with E-state index in [1.165, 1.54) is 6.07 Å². The highest BCUT2D eigenvalue weighted by atomic mass is 16.3. The number of hydrogen-bond acceptors (Lipinski definition) is 6. The van der Waals surface area contributed by atoms with Gasteiger partial charge in [-0.15, -0.1) is 10.2 Å². The lowest BCUT2D eigenvalue weighted by molar-refractivity contribution is 0.476. The Morgan fingerprint density at radius 3 is 2.86 bits per heavy atom. The molecule has 1 aromatic heterocycles. The van der Waals surface area contributed by atoms with E-state index in [-0.39, 0.29) is 5.75 Å². The summed E-state index contributed by atoms with van der Waals surface area (Å²) in [6.07, 6.45) is 0. The second kappa shape index (κ2) is 5.53. The third-order valence-corrected chi connectivity index (χ3v) is 3.87. The van der Waals surface area contributed by atoms with E-state index in [9.17, 15) is 5.11 Å². The van der Waals surface area contributed by atoms with Gasteiger partial charge in [0.05, 0.1) is 23.0 Å². The summed E-state index contributed by atoms with van der Waals surface area (Å²) < 4.78 is 0. The Kier molecular flexibility index (Phi) is 3.55. The molecule has 0 saturated heterocycles. The van der Waals surface area contributed by atoms with Crippen LogP contribution in [0.15, 0.2) is 18.2 Å². The van der Waals surface area contributed by atoms with Crippen molar-refractivity contribution < 1.29 is 5.11 Å². The summed E-state index contributed by atoms with van der Waals surface area (Å²) in [5.41, 5.74) is 3.46. The standard InChI is InChI=1S/C16H17N5O/c1-3-21-5-4-18-16-13(21)8-12(19-20-16)15-10(2)6-11(9-17)7-14(15)22/h6-8,22H,3-5H2,1-2H3,(H,18,20). The first-order valence-electron chi connectivity index (χ1n) is 7.24. The lowest BCUT2D eigenvalue weighted by Crippen LogP contribution is -2.34. The van der Waals surface area contributed by atoms with Crippen LogP contribution in [0.5, 0.6) is 5.75 Å². The molecule has 0 saturated carbocycles. The Bertz CT molecular complexity index is 743. The first-order chi connectivity index (χ1) is 10.6. The number of nitrogens with zero attached hydrogens (tertiary/aromatic N) is 4. The van der Waals surface area contributed by atoms with Crippen LogP contribution >= 0.6 is 0 Å². The van der Waals surface area contributed by atoms with Crippen molar-refractivity contribution >= 4 is 11.5 Å². The van der Waals surface area contributed by atoms with E-state index < -0.39 is 0 Å². The molecule has 22 heavy (non-hydrogen) atoms. The molecule has 1 aliphatic rings. The van der Waals surface area contributed by atoms with Crippen molar-refractivity contribution in [2.75, 3.05) is 29.9 Å². The van der Waals surface area contributed by atoms with Gasteiger partial charge >= 0.3 is 0 Å². The summed E-state index contributed by atoms with van der Waals surface area (Å²) in [5, 5.41) is 30.9. The van der Waals surface area contributed by atoms with Crippen molar-refractivity contribution in [3.05, 3.63) is 29.3 Å². The quantitative estimate of drug-likeness (QED) is 0.884. The Morgan fingerprint density at radius 1 is 1.36 bits per heavy atom. The van der Waals surface area contributed by atoms with Crippen molar-refractivity contribution in [3.8, 4) is 23.1 Å². The van der Waals surface area contributed by atoms with Gasteiger partial charge in [-0.25, -0.2) is 0 Å². The maximum Gasteiger partial charge on any atom is 0.172 e. The Balaban J connectivity index is 2.13. The normalized spacial score (nSPS) is 13.2. The van der Waals surface area contributed by atoms with Crippen molar-refractivity contribution in [2.24, 2.45) is 0 Å². The van der Waals surface area contributed by atoms with Gasteiger partial charge in [0, 0.05) is 25.2 Å². The van der Waals surface area contributed by atoms with Crippen LogP contribution in [0.4, 0.5) is 11.5 Å². The highest BCUT2D eigenvalue weighted by Crippen LogP contribution is 2.36. The molecule has 3 rings (SSSR count). The minimum Gasteiger partial charge on any atom is -0.507 e. The maximum atomic E-state index is 10.2. The zero-order chi connectivity index (χ0) is 15.7. The lowest BCUT2D eigenvalue weighted by atomic mass is 10.0. The molecular weight excluding hydrogens is 278 g/mol. The number of anilines is 2. The third kappa shape index (κ3) is 2.31. The summed E-state index contributed by atoms with van der Waals surface area (Å²) in [5.74, 6) is 0.820. The molecular formula is C16H17N5O. The molecule has 0 spiro atoms. The Labute approximate surface area is 129 Å². The van der Waals surface area contributed by atoms with Crippen molar-refractivity contribution in [3.63, 3.8) is 0 Å². The molecule has 0 unspecified atom stereocenters. The Hall–Kier alpha value is -2.81. The second-order valence-corrected chi connectivity index (χ2v) is 5.27. The van der Waals surface area contributed by atoms with Crippen molar-refractivity contribution in [1.29, 1.82) is 5.26 Å². The fourth-order valence-electron chi connectivity index (χ4n) is 2.80. The summed E-state index contributed by atoms with van der Waals surface area (Å²) >= 11 is 0. The SMILES string of the molecule is CCN1CCNc2nnc(-c3c(C)cc(C#N)cc3O)cc21. The number of aromatic nitrogens is 2. The number of aromatic hydroxyl groups is 1. The number of nitrogens with one attached hydrogen (secondary N) is 1. The van der Waals surface area contributed by atoms with Crippen LogP contribution in [0.2, 0.25) is 0 Å². The van der Waals surface area contributed by atoms with Crippen molar-refractivity contribution in [2.45, 2.75) is 13.8 Å². The summed E-state index contributed by atoms with van der Waals surface area (Å²) in [6.45, 7) is 6.59. The van der Waals surface area contributed by atoms with Crippen LogP contribution in [0.3, 0.4) is 0 Å². The number of hydrogen-bond donors (Lipinski definition) is 2. The zero-order valence-corrected chi connectivity index (χ0v) is 12.6. The number of fused-ring (bicyclic) bond motifs is 1. The number of rotatable bonds is 2. The third-order valence-electron chi connectivity index (χ3n) is 3.87. The predicted octanol–water partition coefficient (Wildman–Crippen LogP) is 2.28. The van der Waals surface area contributed by atoms with Crippen LogP contribution < -0.4 is 10.2 Å². The molecule has 0 fully saturated rings. The minimum atomic E-state index is 0.0533. The molecule has 2 heterocycles. The number of phenolic OH excluding ortho intramolecular Hbond substituents is 1. The van der Waals surface area contributed by atoms with E-state index in [0.717, 1.165) is 36.7 Å². The minimum absolute atomic E-state index is 0.0533. The molecule has 6 nitrogen and oxygen atoms in total. The second-order valence-electron chi connectivity index (χ2n) is 5.27. The van der Waals surface area contributed by atoms with Crippen LogP contribution in [0.25, 0.3) is 11.3 Å². The van der Waals surface area contributed by atoms with Crippen LogP contribution in [-0.4, -0.2) is 34.9 Å². The van der Waals surface area contributed by atoms with Crippen LogP contribution in [0, 0.1) is 18.3 Å². The number of nitriles is 1. The predicted molar refractivity (Wildman–Crippen MR) is 85.0 cm³/mol. The van der Waals surface area contributed by atoms with Gasteiger partial charge in [-0.3, -0.25) is 0 Å². The van der Waals surface area contributed by atoms with Gasteiger partial charge < -0.3 is 15.3 Å². The molecule has 2 N–H and O–H groups in total. The first-order valence-corrected chi connectivity index (χ1v) is 7.24. The fraction of sp³-hybridized carbons (Fsp3) is 0.312. The van der Waals surface area contributed by atoms with Crippen molar-refractivity contribution in [1.82, 2.24) is 10.2 Å². The molecule has 1 aromatic carbocycles. The smallest absolute Gasteiger partial charge is 0.172 e. The number of phenols is 1. The molecule has 0 aliphatic carbocycles. The van der Waals surface area contributed by atoms with Gasteiger partial charge in [-0.1, -0.05) is 0 Å². The molecule has 2 aromatic rings. The first kappa shape index (κ1) is 14.1. The number of benzene rings is 1. The van der Waals surface area contributed by atoms with E-state index in [4.69, 9.17) is 5.26 Å². The van der Waals surface area contributed by atoms with Crippen LogP contribution in [0.1, 0.15) is 18.1 Å². The van der Waals surface area contributed by atoms with E-state index in [2.05, 4.69) is 27.3 Å². The fourth-order valence-corrected chi connectivity index (χ4v) is 2.80. The van der Waals surface area contributed by atoms with E-state index in [0.29, 0.717) is 16.8 Å². The molecule has 0 atom stereocenters. The van der Waals surface area contributed by atoms with Gasteiger partial charge in [0.2, 0.25) is 0 Å². The number of likely N-dealkylation sites (N-methyl/N-ethyl adjacent to an activating group) is 1. The van der Waals surface area contributed by atoms with E-state index in [1.807, 2.05) is 19.1 Å². The lowest BCUT2D eigenvalue weighted by Gasteiger charge is -2.30. The largest absolute Gasteiger partial charge is 0.507 e. The van der Waals surface area contributed by atoms with E-state index in [1.54, 1.807) is 6.07 Å². The maximum absolute atomic E-state index is 10.2. The topological polar surface area (TPSA) is 85.1 Å². The van der Waals surface area contributed by atoms with Gasteiger partial charge in [0.1, 0.15) is 5.75 Å². The van der Waals surface area contributed by atoms with Gasteiger partial charge in [-0.05, 0) is 37.6 Å². The monoisotopic (exact) mass is 295 g/mol. The highest BCUT2D eigenvalue weighted by Gasteiger charge is 2.20. The highest BCUT2D eigenvalue weighted by molar-refractivity contribution is 5.78. The molecule has 6 heteroatoms. The van der Waals surface area contributed by atoms with Gasteiger partial charge in [-0.2, -0.15) is 5.26 Å². The number of aryl methyl sites for hydroxylation is 1. The molecule has 1 aliphatic heterocycles. The van der Waals surface area contributed by atoms with Crippen LogP contribution in [-0.2, 0) is 0 Å². The summed E-state index contributed by atoms with van der Waals surface area (Å²) in [4.78, 5) is 2.22. The molecule has 112 valence electrons. The summed E-state index contributed by atoms with van der Waals surface area (Å²) in [6, 6.07) is 7.18. The zero-order valence-electron chi connectivity index (χ0n) is 12.6. The van der Waals surface area contributed by atoms with Gasteiger partial charge in [0.25, 0.3) is 0 Å². The average Bonchev–Trinajstić information content (AvgIpc) is 2.53. The summed E-state index contributed by atoms with van der Waals surface area (Å²) in [7, 11) is 0. The molecule has 0 bridgehead atoms. The average molecular weight is 295 g/mol.